The highest BCUT2D eigenvalue weighted by Gasteiger charge is 2.12. The van der Waals surface area contributed by atoms with Gasteiger partial charge in [0, 0.05) is 29.4 Å². The molecule has 2 nitrogen and oxygen atoms in total. The molecule has 2 N–H and O–H groups in total. The Bertz CT molecular complexity index is 535. The topological polar surface area (TPSA) is 38.9 Å². The molecule has 2 aromatic rings. The molecule has 1 aromatic carbocycles. The maximum absolute atomic E-state index is 6.28. The highest BCUT2D eigenvalue weighted by atomic mass is 35.5. The van der Waals surface area contributed by atoms with Gasteiger partial charge in [-0.2, -0.15) is 0 Å². The van der Waals surface area contributed by atoms with Crippen LogP contribution in [0.3, 0.4) is 0 Å². The van der Waals surface area contributed by atoms with Crippen molar-refractivity contribution in [1.82, 2.24) is 4.98 Å². The van der Waals surface area contributed by atoms with Crippen molar-refractivity contribution in [2.75, 3.05) is 0 Å². The third-order valence-corrected chi connectivity index (χ3v) is 3.54. The van der Waals surface area contributed by atoms with Gasteiger partial charge in [0.2, 0.25) is 0 Å². The predicted molar refractivity (Wildman–Crippen MR) is 75.8 cm³/mol. The summed E-state index contributed by atoms with van der Waals surface area (Å²) in [4.78, 5) is 4.37. The normalized spacial score (nSPS) is 12.4. The van der Waals surface area contributed by atoms with Crippen molar-refractivity contribution in [1.29, 1.82) is 0 Å². The van der Waals surface area contributed by atoms with Gasteiger partial charge in [0.1, 0.15) is 0 Å². The van der Waals surface area contributed by atoms with Gasteiger partial charge in [-0.15, -0.1) is 0 Å². The van der Waals surface area contributed by atoms with Gasteiger partial charge in [-0.1, -0.05) is 35.9 Å². The zero-order valence-corrected chi connectivity index (χ0v) is 11.4. The molecule has 0 saturated carbocycles. The summed E-state index contributed by atoms with van der Waals surface area (Å²) in [5.41, 5.74) is 10.4. The van der Waals surface area contributed by atoms with Gasteiger partial charge in [-0.3, -0.25) is 4.98 Å². The van der Waals surface area contributed by atoms with Gasteiger partial charge < -0.3 is 5.73 Å². The first-order valence-corrected chi connectivity index (χ1v) is 6.38. The second-order valence-corrected chi connectivity index (χ2v) is 4.99. The van der Waals surface area contributed by atoms with Gasteiger partial charge in [-0.25, -0.2) is 0 Å². The van der Waals surface area contributed by atoms with Gasteiger partial charge in [0.25, 0.3) is 0 Å². The van der Waals surface area contributed by atoms with E-state index in [4.69, 9.17) is 17.3 Å². The monoisotopic (exact) mass is 260 g/mol. The van der Waals surface area contributed by atoms with E-state index in [2.05, 4.69) is 4.98 Å². The minimum Gasteiger partial charge on any atom is -0.324 e. The lowest BCUT2D eigenvalue weighted by Gasteiger charge is -2.14. The van der Waals surface area contributed by atoms with Crippen molar-refractivity contribution in [2.45, 2.75) is 26.3 Å². The number of halogens is 1. The quantitative estimate of drug-likeness (QED) is 0.916. The van der Waals surface area contributed by atoms with Crippen molar-refractivity contribution in [3.8, 4) is 0 Å². The van der Waals surface area contributed by atoms with Crippen LogP contribution in [0.15, 0.2) is 36.5 Å². The molecule has 94 valence electrons. The Morgan fingerprint density at radius 3 is 2.67 bits per heavy atom. The highest BCUT2D eigenvalue weighted by Crippen LogP contribution is 2.26. The molecule has 0 aliphatic heterocycles. The summed E-state index contributed by atoms with van der Waals surface area (Å²) in [6, 6.07) is 9.90. The first-order chi connectivity index (χ1) is 8.58. The van der Waals surface area contributed by atoms with Crippen LogP contribution in [0.25, 0.3) is 0 Å². The summed E-state index contributed by atoms with van der Waals surface area (Å²) >= 11 is 6.28. The van der Waals surface area contributed by atoms with E-state index in [0.29, 0.717) is 6.42 Å². The fraction of sp³-hybridized carbons (Fsp3) is 0.267. The molecule has 1 heterocycles. The molecule has 0 aliphatic rings. The lowest BCUT2D eigenvalue weighted by atomic mass is 10.0. The molecule has 3 heteroatoms. The number of rotatable bonds is 3. The van der Waals surface area contributed by atoms with Crippen LogP contribution in [0.2, 0.25) is 5.02 Å². The average Bonchev–Trinajstić information content (AvgIpc) is 2.35. The predicted octanol–water partition coefficient (Wildman–Crippen LogP) is 3.59. The van der Waals surface area contributed by atoms with E-state index in [1.807, 2.05) is 50.4 Å². The second-order valence-electron chi connectivity index (χ2n) is 4.62. The molecule has 18 heavy (non-hydrogen) atoms. The smallest absolute Gasteiger partial charge is 0.0483 e. The van der Waals surface area contributed by atoms with Gasteiger partial charge in [-0.05, 0) is 36.6 Å². The minimum atomic E-state index is -0.118. The number of hydrogen-bond acceptors (Lipinski definition) is 2. The fourth-order valence-electron chi connectivity index (χ4n) is 1.91. The second kappa shape index (κ2) is 5.51. The van der Waals surface area contributed by atoms with E-state index in [1.165, 1.54) is 0 Å². The van der Waals surface area contributed by atoms with Crippen molar-refractivity contribution in [3.05, 3.63) is 63.9 Å². The van der Waals surface area contributed by atoms with Crippen LogP contribution in [0.4, 0.5) is 0 Å². The Morgan fingerprint density at radius 2 is 2.00 bits per heavy atom. The largest absolute Gasteiger partial charge is 0.324 e. The van der Waals surface area contributed by atoms with E-state index in [-0.39, 0.29) is 6.04 Å². The molecule has 1 aromatic heterocycles. The summed E-state index contributed by atoms with van der Waals surface area (Å²) in [7, 11) is 0. The van der Waals surface area contributed by atoms with Gasteiger partial charge in [0.05, 0.1) is 0 Å². The summed E-state index contributed by atoms with van der Waals surface area (Å²) in [5, 5.41) is 0.761. The SMILES string of the molecule is Cc1ccc(CC(N)c2cccc(C)c2Cl)nc1. The number of pyridine rings is 1. The van der Waals surface area contributed by atoms with Crippen molar-refractivity contribution in [3.63, 3.8) is 0 Å². The molecule has 0 bridgehead atoms. The molecule has 0 saturated heterocycles. The molecule has 0 spiro atoms. The standard InChI is InChI=1S/C15H17ClN2/c1-10-6-7-12(18-9-10)8-14(17)13-5-3-4-11(2)15(13)16/h3-7,9,14H,8,17H2,1-2H3. The maximum atomic E-state index is 6.28. The van der Waals surface area contributed by atoms with E-state index < -0.39 is 0 Å². The lowest BCUT2D eigenvalue weighted by Crippen LogP contribution is -2.15. The Morgan fingerprint density at radius 1 is 1.22 bits per heavy atom. The zero-order valence-electron chi connectivity index (χ0n) is 10.7. The number of nitrogens with zero attached hydrogens (tertiary/aromatic N) is 1. The third-order valence-electron chi connectivity index (χ3n) is 3.02. The molecule has 0 amide bonds. The number of hydrogen-bond donors (Lipinski definition) is 1. The zero-order chi connectivity index (χ0) is 13.1. The van der Waals surface area contributed by atoms with E-state index >= 15 is 0 Å². The van der Waals surface area contributed by atoms with E-state index in [0.717, 1.165) is 27.4 Å². The fourth-order valence-corrected chi connectivity index (χ4v) is 2.18. The Balaban J connectivity index is 2.19. The molecule has 0 fully saturated rings. The Labute approximate surface area is 113 Å². The van der Waals surface area contributed by atoms with Crippen LogP contribution in [0.5, 0.6) is 0 Å². The number of nitrogens with two attached hydrogens (primary N) is 1. The van der Waals surface area contributed by atoms with Crippen LogP contribution in [-0.4, -0.2) is 4.98 Å². The van der Waals surface area contributed by atoms with E-state index in [9.17, 15) is 0 Å². The molecule has 0 aliphatic carbocycles. The summed E-state index contributed by atoms with van der Waals surface area (Å²) in [6.07, 6.45) is 2.56. The molecule has 1 atom stereocenters. The molecule has 2 rings (SSSR count). The van der Waals surface area contributed by atoms with E-state index in [1.54, 1.807) is 0 Å². The molecular formula is C15H17ClN2. The van der Waals surface area contributed by atoms with Crippen molar-refractivity contribution >= 4 is 11.6 Å². The van der Waals surface area contributed by atoms with Crippen LogP contribution >= 0.6 is 11.6 Å². The van der Waals surface area contributed by atoms with Gasteiger partial charge >= 0.3 is 0 Å². The Hall–Kier alpha value is -1.38. The first kappa shape index (κ1) is 13.1. The number of aryl methyl sites for hydroxylation is 2. The van der Waals surface area contributed by atoms with Crippen LogP contribution in [0.1, 0.15) is 28.4 Å². The van der Waals surface area contributed by atoms with Gasteiger partial charge in [0.15, 0.2) is 0 Å². The average molecular weight is 261 g/mol. The number of benzene rings is 1. The van der Waals surface area contributed by atoms with Crippen LogP contribution < -0.4 is 5.73 Å². The van der Waals surface area contributed by atoms with Crippen LogP contribution in [0, 0.1) is 13.8 Å². The van der Waals surface area contributed by atoms with Crippen molar-refractivity contribution in [2.24, 2.45) is 5.73 Å². The first-order valence-electron chi connectivity index (χ1n) is 6.00. The molecule has 0 radical (unpaired) electrons. The lowest BCUT2D eigenvalue weighted by molar-refractivity contribution is 0.706. The van der Waals surface area contributed by atoms with Crippen LogP contribution in [-0.2, 0) is 6.42 Å². The summed E-state index contributed by atoms with van der Waals surface area (Å²) in [5.74, 6) is 0. The minimum absolute atomic E-state index is 0.118. The third kappa shape index (κ3) is 2.89. The number of aromatic nitrogens is 1. The summed E-state index contributed by atoms with van der Waals surface area (Å²) < 4.78 is 0. The molecular weight excluding hydrogens is 244 g/mol. The van der Waals surface area contributed by atoms with Crippen molar-refractivity contribution < 1.29 is 0 Å². The highest BCUT2D eigenvalue weighted by molar-refractivity contribution is 6.32. The summed E-state index contributed by atoms with van der Waals surface area (Å²) in [6.45, 7) is 4.01. The Kier molecular flexibility index (Phi) is 4.00. The maximum Gasteiger partial charge on any atom is 0.0483 e. The molecule has 1 unspecified atom stereocenters.